The van der Waals surface area contributed by atoms with Gasteiger partial charge in [-0.05, 0) is 0 Å². The maximum Gasteiger partial charge on any atom is 0.0213 e. The summed E-state index contributed by atoms with van der Waals surface area (Å²) in [6.07, 6.45) is 10.0. The molecule has 0 aromatic heterocycles. The average Bonchev–Trinajstić information content (AvgIpc) is 2.54. The fourth-order valence-electron chi connectivity index (χ4n) is 0.340. The van der Waals surface area contributed by atoms with Crippen LogP contribution in [0, 0.1) is 12.0 Å². The van der Waals surface area contributed by atoms with E-state index in [-0.39, 0.29) is 56.2 Å². The van der Waals surface area contributed by atoms with Crippen LogP contribution < -0.4 is 0 Å². The maximum absolute atomic E-state index is 6.94. The third-order valence-corrected chi connectivity index (χ3v) is 0.586. The fraction of sp³-hybridized carbons (Fsp3) is 0.667. The van der Waals surface area contributed by atoms with Gasteiger partial charge in [0.1, 0.15) is 0 Å². The van der Waals surface area contributed by atoms with Crippen LogP contribution in [0.5, 0.6) is 0 Å². The molecule has 0 aliphatic heterocycles. The van der Waals surface area contributed by atoms with Gasteiger partial charge >= 0.3 is 0 Å². The van der Waals surface area contributed by atoms with Gasteiger partial charge in [-0.15, -0.1) is 36.8 Å². The van der Waals surface area contributed by atoms with Crippen LogP contribution in [0.4, 0.5) is 0 Å². The van der Waals surface area contributed by atoms with E-state index in [4.69, 9.17) is 5.73 Å². The molecular formula is C15H33Cl2HfNSi-3. The van der Waals surface area contributed by atoms with E-state index in [9.17, 15) is 0 Å². The van der Waals surface area contributed by atoms with Crippen LogP contribution in [-0.2, 0) is 25.8 Å². The van der Waals surface area contributed by atoms with E-state index in [1.54, 1.807) is 0 Å². The van der Waals surface area contributed by atoms with Crippen LogP contribution in [0.1, 0.15) is 48.0 Å². The van der Waals surface area contributed by atoms with Crippen molar-refractivity contribution in [1.82, 2.24) is 0 Å². The quantitative estimate of drug-likeness (QED) is 0.280. The Morgan fingerprint density at radius 3 is 1.40 bits per heavy atom. The summed E-state index contributed by atoms with van der Waals surface area (Å²) in [4.78, 5) is 0. The molecule has 0 fully saturated rings. The molecule has 5 heteroatoms. The third kappa shape index (κ3) is 168. The first kappa shape index (κ1) is 37.4. The van der Waals surface area contributed by atoms with E-state index in [1.165, 1.54) is 5.92 Å². The predicted octanol–water partition coefficient (Wildman–Crippen LogP) is 6.12. The molecule has 1 rings (SSSR count). The van der Waals surface area contributed by atoms with Crippen molar-refractivity contribution < 1.29 is 25.8 Å². The van der Waals surface area contributed by atoms with Gasteiger partial charge in [-0.25, -0.2) is 12.2 Å². The van der Waals surface area contributed by atoms with E-state index in [2.05, 4.69) is 46.0 Å². The summed E-state index contributed by atoms with van der Waals surface area (Å²) in [5.41, 5.74) is 6.69. The molecule has 0 spiro atoms. The number of allylic oxidation sites excluding steroid dienone is 4. The summed E-state index contributed by atoms with van der Waals surface area (Å²) >= 11 is 0. The topological polar surface area (TPSA) is 23.8 Å². The van der Waals surface area contributed by atoms with E-state index in [1.807, 2.05) is 32.9 Å². The van der Waals surface area contributed by atoms with Crippen molar-refractivity contribution in [2.75, 3.05) is 0 Å². The van der Waals surface area contributed by atoms with Gasteiger partial charge in [-0.1, -0.05) is 33.9 Å². The van der Waals surface area contributed by atoms with Crippen molar-refractivity contribution in [2.45, 2.75) is 66.6 Å². The molecular weight excluding hydrogens is 472 g/mol. The van der Waals surface area contributed by atoms with Crippen LogP contribution in [0.25, 0.3) is 5.73 Å². The SMILES string of the molecule is CC(C)(C)[NH-].C[C-](C)C.C[SiH]C.Cl.Cl.[C-]1=CC=CC1.[Hf]. The summed E-state index contributed by atoms with van der Waals surface area (Å²) in [5.74, 6) is 1.42. The number of halogens is 2. The Labute approximate surface area is 162 Å². The Bertz CT molecular complexity index is 172. The molecule has 0 aromatic rings. The second kappa shape index (κ2) is 28.3. The van der Waals surface area contributed by atoms with Crippen molar-refractivity contribution in [3.8, 4) is 0 Å². The molecule has 1 aliphatic rings. The fourth-order valence-corrected chi connectivity index (χ4v) is 0.340. The van der Waals surface area contributed by atoms with Crippen molar-refractivity contribution in [3.05, 3.63) is 36.0 Å². The van der Waals surface area contributed by atoms with Gasteiger partial charge in [0, 0.05) is 35.4 Å². The maximum atomic E-state index is 6.94. The normalized spacial score (nSPS) is 10.1. The van der Waals surface area contributed by atoms with Crippen molar-refractivity contribution in [1.29, 1.82) is 0 Å². The number of hydrogen-bond acceptors (Lipinski definition) is 0. The predicted molar refractivity (Wildman–Crippen MR) is 99.3 cm³/mol. The number of hydrogen-bond donors (Lipinski definition) is 0. The van der Waals surface area contributed by atoms with E-state index in [0.717, 1.165) is 15.9 Å². The van der Waals surface area contributed by atoms with Crippen LogP contribution in [0.2, 0.25) is 13.1 Å². The second-order valence-electron chi connectivity index (χ2n) is 5.33. The van der Waals surface area contributed by atoms with Gasteiger partial charge in [0.25, 0.3) is 0 Å². The van der Waals surface area contributed by atoms with E-state index >= 15 is 0 Å². The summed E-state index contributed by atoms with van der Waals surface area (Å²) < 4.78 is 0. The van der Waals surface area contributed by atoms with Gasteiger partial charge in [-0.2, -0.15) is 26.8 Å². The van der Waals surface area contributed by atoms with Crippen LogP contribution in [0.15, 0.2) is 18.2 Å². The van der Waals surface area contributed by atoms with Gasteiger partial charge in [0.2, 0.25) is 0 Å². The van der Waals surface area contributed by atoms with Crippen LogP contribution >= 0.6 is 24.8 Å². The van der Waals surface area contributed by atoms with Crippen LogP contribution in [0.3, 0.4) is 0 Å². The zero-order valence-corrected chi connectivity index (χ0v) is 20.7. The smallest absolute Gasteiger partial charge is 0.0213 e. The van der Waals surface area contributed by atoms with Gasteiger partial charge < -0.3 is 11.7 Å². The Morgan fingerprint density at radius 2 is 1.35 bits per heavy atom. The summed E-state index contributed by atoms with van der Waals surface area (Å²) in [6, 6.07) is 0. The van der Waals surface area contributed by atoms with Crippen molar-refractivity contribution in [2.24, 2.45) is 0 Å². The van der Waals surface area contributed by atoms with Gasteiger partial charge in [0.05, 0.1) is 0 Å². The summed E-state index contributed by atoms with van der Waals surface area (Å²) in [5, 5.41) is 0. The molecule has 0 saturated carbocycles. The number of nitrogens with one attached hydrogen (secondary N) is 1. The summed E-state index contributed by atoms with van der Waals surface area (Å²) in [7, 11) is 0.750. The zero-order valence-electron chi connectivity index (χ0n) is 14.3. The molecule has 1 N–H and O–H groups in total. The first-order chi connectivity index (χ1) is 7.65. The Morgan fingerprint density at radius 1 is 1.10 bits per heavy atom. The molecule has 1 nitrogen and oxygen atoms in total. The molecule has 1 aliphatic carbocycles. The first-order valence-electron chi connectivity index (χ1n) is 6.12. The molecule has 20 heavy (non-hydrogen) atoms. The molecule has 0 bridgehead atoms. The minimum absolute atomic E-state index is 0. The van der Waals surface area contributed by atoms with E-state index in [0.29, 0.717) is 0 Å². The molecule has 1 radical (unpaired) electrons. The molecule has 0 atom stereocenters. The van der Waals surface area contributed by atoms with Crippen molar-refractivity contribution in [3.63, 3.8) is 0 Å². The van der Waals surface area contributed by atoms with Crippen molar-refractivity contribution >= 4 is 34.3 Å². The van der Waals surface area contributed by atoms with E-state index < -0.39 is 0 Å². The zero-order chi connectivity index (χ0) is 14.3. The first-order valence-corrected chi connectivity index (χ1v) is 8.43. The molecule has 123 valence electrons. The Kier molecular flexibility index (Phi) is 52.9. The number of rotatable bonds is 0. The largest absolute Gasteiger partial charge is 0.673 e. The molecule has 0 amide bonds. The second-order valence-corrected chi connectivity index (χ2v) is 6.49. The van der Waals surface area contributed by atoms with Crippen LogP contribution in [-0.4, -0.2) is 15.1 Å². The molecule has 0 aromatic carbocycles. The Hall–Kier alpha value is 1.11. The molecule has 0 unspecified atom stereocenters. The average molecular weight is 505 g/mol. The molecule has 0 heterocycles. The third-order valence-electron chi connectivity index (χ3n) is 0.586. The van der Waals surface area contributed by atoms with Gasteiger partial charge in [-0.3, -0.25) is 6.08 Å². The minimum Gasteiger partial charge on any atom is -0.673 e. The monoisotopic (exact) mass is 505 g/mol. The van der Waals surface area contributed by atoms with Gasteiger partial charge in [0.15, 0.2) is 0 Å². The Balaban J connectivity index is -0.0000000317. The minimum atomic E-state index is -0.250. The summed E-state index contributed by atoms with van der Waals surface area (Å²) in [6.45, 7) is 16.2. The standard InChI is InChI=1S/C5H5.C4H10N.C4H9.C2H7Si.2ClH.Hf/c1-2-4-5-3-1;1-4(2,3)5;1-4(2)3;1-3-2;;;/h1-3H,4H2;5H,1-3H3;1-3H3;3H,1-2H3;2*1H;/q3*-1;;;;. The molecule has 0 saturated heterocycles.